The first-order chi connectivity index (χ1) is 26.4. The van der Waals surface area contributed by atoms with Gasteiger partial charge in [-0.3, -0.25) is 0 Å². The second-order valence-electron chi connectivity index (χ2n) is 14.3. The number of benzene rings is 3. The van der Waals surface area contributed by atoms with E-state index < -0.39 is 0 Å². The number of fused-ring (bicyclic) bond motifs is 7. The molecule has 0 N–H and O–H groups in total. The van der Waals surface area contributed by atoms with Gasteiger partial charge in [-0.1, -0.05) is 155 Å². The Hall–Kier alpha value is -5.40. The van der Waals surface area contributed by atoms with Gasteiger partial charge in [-0.2, -0.15) is 0 Å². The maximum Gasteiger partial charge on any atom is 0.0539 e. The van der Waals surface area contributed by atoms with Gasteiger partial charge in [0, 0.05) is 28.6 Å². The van der Waals surface area contributed by atoms with Crippen LogP contribution >= 0.6 is 0 Å². The van der Waals surface area contributed by atoms with Gasteiger partial charge < -0.3 is 4.90 Å². The molecule has 0 fully saturated rings. The lowest BCUT2D eigenvalue weighted by Gasteiger charge is -2.41. The number of hydrogen-bond acceptors (Lipinski definition) is 1. The van der Waals surface area contributed by atoms with Crippen molar-refractivity contribution in [3.63, 3.8) is 0 Å². The molecule has 3 aromatic rings. The van der Waals surface area contributed by atoms with E-state index in [0.29, 0.717) is 0 Å². The predicted molar refractivity (Wildman–Crippen MR) is 238 cm³/mol. The van der Waals surface area contributed by atoms with Crippen molar-refractivity contribution >= 4 is 27.7 Å². The Labute approximate surface area is 325 Å². The molecule has 0 aromatic heterocycles. The van der Waals surface area contributed by atoms with Crippen LogP contribution in [0, 0.1) is 11.8 Å². The van der Waals surface area contributed by atoms with E-state index in [1.54, 1.807) is 0 Å². The van der Waals surface area contributed by atoms with Crippen LogP contribution in [0.2, 0.25) is 0 Å². The average Bonchev–Trinajstić information content (AvgIpc) is 3.68. The Morgan fingerprint density at radius 3 is 2.43 bits per heavy atom. The summed E-state index contributed by atoms with van der Waals surface area (Å²) in [5.74, 6) is 0.360. The number of anilines is 2. The summed E-state index contributed by atoms with van der Waals surface area (Å²) >= 11 is 0. The van der Waals surface area contributed by atoms with Crippen LogP contribution in [0.3, 0.4) is 0 Å². The first-order valence-electron chi connectivity index (χ1n) is 19.9. The molecule has 4 aliphatic rings. The molecule has 0 saturated heterocycles. The molecule has 0 aliphatic heterocycles. The molecule has 1 nitrogen and oxygen atoms in total. The number of nitrogens with zero attached hydrogens (tertiary/aromatic N) is 1. The van der Waals surface area contributed by atoms with Gasteiger partial charge in [-0.25, -0.2) is 0 Å². The molecule has 274 valence electrons. The minimum atomic E-state index is -0.359. The van der Waals surface area contributed by atoms with Crippen LogP contribution in [0.15, 0.2) is 198 Å². The van der Waals surface area contributed by atoms with Crippen LogP contribution in [0.25, 0.3) is 16.3 Å². The van der Waals surface area contributed by atoms with Crippen molar-refractivity contribution in [1.82, 2.24) is 0 Å². The van der Waals surface area contributed by atoms with Gasteiger partial charge in [0.1, 0.15) is 0 Å². The Kier molecular flexibility index (Phi) is 11.6. The zero-order valence-electron chi connectivity index (χ0n) is 33.5. The van der Waals surface area contributed by atoms with E-state index in [1.807, 2.05) is 19.9 Å². The van der Waals surface area contributed by atoms with Gasteiger partial charge in [-0.05, 0) is 127 Å². The Balaban J connectivity index is 0.00000245. The lowest BCUT2D eigenvalue weighted by molar-refractivity contribution is 0.404. The Morgan fingerprint density at radius 1 is 0.944 bits per heavy atom. The largest absolute Gasteiger partial charge is 0.310 e. The van der Waals surface area contributed by atoms with E-state index >= 15 is 0 Å². The molecule has 0 saturated carbocycles. The van der Waals surface area contributed by atoms with Crippen LogP contribution in [0.4, 0.5) is 11.4 Å². The third kappa shape index (κ3) is 5.95. The zero-order chi connectivity index (χ0) is 38.6. The summed E-state index contributed by atoms with van der Waals surface area (Å²) in [5.41, 5.74) is 16.4. The molecule has 3 aromatic carbocycles. The normalized spacial score (nSPS) is 22.1. The highest BCUT2D eigenvalue weighted by molar-refractivity contribution is 5.98. The van der Waals surface area contributed by atoms with E-state index in [4.69, 9.17) is 0 Å². The first kappa shape index (κ1) is 38.3. The second-order valence-corrected chi connectivity index (χ2v) is 14.3. The highest BCUT2D eigenvalue weighted by Crippen LogP contribution is 2.67. The van der Waals surface area contributed by atoms with Crippen molar-refractivity contribution in [2.24, 2.45) is 11.8 Å². The lowest BCUT2D eigenvalue weighted by Crippen LogP contribution is -2.37. The molecule has 0 amide bonds. The molecular formula is C53H57N. The maximum atomic E-state index is 4.54. The molecule has 1 spiro atoms. The number of allylic oxidation sites excluding steroid dienone is 20. The molecule has 0 heterocycles. The molecule has 7 rings (SSSR count). The van der Waals surface area contributed by atoms with Crippen molar-refractivity contribution in [1.29, 1.82) is 0 Å². The van der Waals surface area contributed by atoms with Crippen LogP contribution in [0.1, 0.15) is 78.9 Å². The molecule has 3 atom stereocenters. The first-order valence-corrected chi connectivity index (χ1v) is 19.9. The molecule has 54 heavy (non-hydrogen) atoms. The molecule has 4 aliphatic carbocycles. The number of hydrogen-bond donors (Lipinski definition) is 0. The standard InChI is InChI=1S/C51H51N.C2H6/c1-9-15-24-37(12-4)52(49-28-20-23-36-22-16-17-25-42(36)49)38-29-30-44-43-26-18-19-27-46(43)51(48(44)33-38)45(14-6)39(13-5)50-35(8)41(31-32-47(50)51)40(21-10-2)34(7)11-3;1-2/h10-18,20-26,28-33,47,50H,3,5-6,9,19,27H2,1-2,4,7-8H3;1-2H3/b21-10-,24-15-,37-12+,40-34+;. The third-order valence-electron chi connectivity index (χ3n) is 11.8. The highest BCUT2D eigenvalue weighted by Gasteiger charge is 2.59. The van der Waals surface area contributed by atoms with Crippen molar-refractivity contribution < 1.29 is 0 Å². The van der Waals surface area contributed by atoms with E-state index in [1.165, 1.54) is 72.2 Å². The lowest BCUT2D eigenvalue weighted by atomic mass is 9.61. The average molecular weight is 708 g/mol. The van der Waals surface area contributed by atoms with Crippen LogP contribution in [0.5, 0.6) is 0 Å². The summed E-state index contributed by atoms with van der Waals surface area (Å²) in [5, 5.41) is 2.46. The van der Waals surface area contributed by atoms with Gasteiger partial charge in [0.05, 0.1) is 11.1 Å². The maximum absolute atomic E-state index is 4.54. The molecule has 0 radical (unpaired) electrons. The molecule has 3 unspecified atom stereocenters. The van der Waals surface area contributed by atoms with Gasteiger partial charge in [0.15, 0.2) is 0 Å². The summed E-state index contributed by atoms with van der Waals surface area (Å²) < 4.78 is 0. The Bertz CT molecular complexity index is 2280. The molecule has 0 bridgehead atoms. The van der Waals surface area contributed by atoms with Crippen molar-refractivity contribution in [3.8, 4) is 0 Å². The van der Waals surface area contributed by atoms with E-state index in [2.05, 4.69) is 187 Å². The monoisotopic (exact) mass is 707 g/mol. The van der Waals surface area contributed by atoms with Crippen molar-refractivity contribution in [3.05, 3.63) is 209 Å². The fraction of sp³-hybridized carbons (Fsp3) is 0.245. The summed E-state index contributed by atoms with van der Waals surface area (Å²) in [6.07, 6.45) is 30.1. The van der Waals surface area contributed by atoms with Gasteiger partial charge in [0.25, 0.3) is 0 Å². The van der Waals surface area contributed by atoms with Crippen LogP contribution in [-0.4, -0.2) is 0 Å². The van der Waals surface area contributed by atoms with Gasteiger partial charge >= 0.3 is 0 Å². The van der Waals surface area contributed by atoms with Gasteiger partial charge in [-0.15, -0.1) is 0 Å². The van der Waals surface area contributed by atoms with Crippen LogP contribution < -0.4 is 4.90 Å². The zero-order valence-corrected chi connectivity index (χ0v) is 33.5. The quantitative estimate of drug-likeness (QED) is 0.190. The summed E-state index contributed by atoms with van der Waals surface area (Å²) in [4.78, 5) is 2.46. The summed E-state index contributed by atoms with van der Waals surface area (Å²) in [6, 6.07) is 22.6. The fourth-order valence-electron chi connectivity index (χ4n) is 9.58. The topological polar surface area (TPSA) is 3.24 Å². The Morgan fingerprint density at radius 2 is 1.72 bits per heavy atom. The van der Waals surface area contributed by atoms with E-state index in [0.717, 1.165) is 30.6 Å². The SMILES string of the molecule is C=CC1=C(C=C)C2(C3=C(C=CCC3)c3ccc(N(C(/C=C\CC)=C/C)c4cccc5ccccc45)cc32)C2C=CC(C(/C=C\C)=C(\C)C=C)=C(C)C12.CC. The van der Waals surface area contributed by atoms with E-state index in [-0.39, 0.29) is 17.3 Å². The summed E-state index contributed by atoms with van der Waals surface area (Å²) in [7, 11) is 0. The second kappa shape index (κ2) is 16.3. The summed E-state index contributed by atoms with van der Waals surface area (Å²) in [6.45, 7) is 28.1. The minimum absolute atomic E-state index is 0.172. The van der Waals surface area contributed by atoms with Crippen molar-refractivity contribution in [2.45, 2.75) is 73.1 Å². The molecular weight excluding hydrogens is 651 g/mol. The smallest absolute Gasteiger partial charge is 0.0539 e. The highest BCUT2D eigenvalue weighted by atomic mass is 15.1. The minimum Gasteiger partial charge on any atom is -0.310 e. The predicted octanol–water partition coefficient (Wildman–Crippen LogP) is 15.1. The number of rotatable bonds is 10. The molecule has 1 heteroatoms. The third-order valence-corrected chi connectivity index (χ3v) is 11.8. The fourth-order valence-corrected chi connectivity index (χ4v) is 9.58. The van der Waals surface area contributed by atoms with Gasteiger partial charge in [0.2, 0.25) is 0 Å². The van der Waals surface area contributed by atoms with Crippen LogP contribution in [-0.2, 0) is 5.41 Å². The van der Waals surface area contributed by atoms with E-state index in [9.17, 15) is 0 Å². The van der Waals surface area contributed by atoms with Crippen molar-refractivity contribution in [2.75, 3.05) is 4.90 Å².